The van der Waals surface area contributed by atoms with E-state index in [-0.39, 0.29) is 5.97 Å². The molecule has 0 atom stereocenters. The third-order valence-corrected chi connectivity index (χ3v) is 4.87. The lowest BCUT2D eigenvalue weighted by Crippen LogP contribution is -2.10. The molecule has 0 aliphatic carbocycles. The fourth-order valence-corrected chi connectivity index (χ4v) is 3.72. The minimum atomic E-state index is -0.676. The number of rotatable bonds is 5. The van der Waals surface area contributed by atoms with Crippen LogP contribution in [-0.4, -0.2) is 12.6 Å². The van der Waals surface area contributed by atoms with E-state index >= 15 is 0 Å². The Hall–Kier alpha value is -1.92. The van der Waals surface area contributed by atoms with Gasteiger partial charge in [0.2, 0.25) is 0 Å². The molecule has 0 aliphatic rings. The smallest absolute Gasteiger partial charge is 0.330 e. The van der Waals surface area contributed by atoms with Crippen molar-refractivity contribution < 1.29 is 9.53 Å². The summed E-state index contributed by atoms with van der Waals surface area (Å²) in [5, 5.41) is 2.43. The van der Waals surface area contributed by atoms with Gasteiger partial charge in [-0.05, 0) is 31.3 Å². The Balaban J connectivity index is 2.28. The van der Waals surface area contributed by atoms with Crippen molar-refractivity contribution in [1.82, 2.24) is 0 Å². The first-order valence-corrected chi connectivity index (χ1v) is 7.96. The zero-order valence-electron chi connectivity index (χ0n) is 11.4. The fraction of sp³-hybridized carbons (Fsp3) is 0.118. The molecule has 0 fully saturated rings. The number of hydrogen-bond acceptors (Lipinski definition) is 2. The summed E-state index contributed by atoms with van der Waals surface area (Å²) >= 11 is 0. The van der Waals surface area contributed by atoms with Crippen molar-refractivity contribution in [3.05, 3.63) is 72.6 Å². The maximum Gasteiger partial charge on any atom is 0.330 e. The average molecular weight is 284 g/mol. The number of benzene rings is 2. The third kappa shape index (κ3) is 4.04. The maximum absolute atomic E-state index is 11.5. The second-order valence-electron chi connectivity index (χ2n) is 4.11. The highest BCUT2D eigenvalue weighted by Crippen LogP contribution is 2.34. The number of carbonyl (C=O) groups excluding carboxylic acids is 1. The first-order valence-electron chi connectivity index (χ1n) is 6.55. The van der Waals surface area contributed by atoms with Crippen LogP contribution in [0.5, 0.6) is 0 Å². The molecule has 0 saturated heterocycles. The molecule has 0 spiro atoms. The molecule has 2 rings (SSSR count). The highest BCUT2D eigenvalue weighted by atomic mass is 31.1. The van der Waals surface area contributed by atoms with Crippen LogP contribution in [0.1, 0.15) is 6.92 Å². The number of carbonyl (C=O) groups is 1. The fourth-order valence-electron chi connectivity index (χ4n) is 1.82. The molecule has 0 saturated carbocycles. The van der Waals surface area contributed by atoms with Crippen LogP contribution in [0.2, 0.25) is 0 Å². The van der Waals surface area contributed by atoms with Crippen LogP contribution in [0.3, 0.4) is 0 Å². The van der Waals surface area contributed by atoms with Crippen molar-refractivity contribution >= 4 is 24.5 Å². The Morgan fingerprint density at radius 1 is 1.00 bits per heavy atom. The van der Waals surface area contributed by atoms with Gasteiger partial charge in [0.05, 0.1) is 6.61 Å². The molecule has 20 heavy (non-hydrogen) atoms. The molecular formula is C17H17O2P. The number of ether oxygens (including phenoxy) is 1. The summed E-state index contributed by atoms with van der Waals surface area (Å²) in [6.07, 6.45) is 1.54. The van der Waals surface area contributed by atoms with Crippen LogP contribution in [0.15, 0.2) is 72.6 Å². The van der Waals surface area contributed by atoms with Gasteiger partial charge in [0, 0.05) is 6.08 Å². The highest BCUT2D eigenvalue weighted by molar-refractivity contribution is 7.75. The van der Waals surface area contributed by atoms with Gasteiger partial charge in [0.1, 0.15) is 0 Å². The van der Waals surface area contributed by atoms with Crippen molar-refractivity contribution in [3.63, 3.8) is 0 Å². The van der Waals surface area contributed by atoms with Crippen molar-refractivity contribution in [2.45, 2.75) is 6.92 Å². The van der Waals surface area contributed by atoms with Gasteiger partial charge >= 0.3 is 5.97 Å². The third-order valence-electron chi connectivity index (χ3n) is 2.72. The maximum atomic E-state index is 11.5. The molecular weight excluding hydrogens is 267 g/mol. The summed E-state index contributed by atoms with van der Waals surface area (Å²) in [4.78, 5) is 11.5. The van der Waals surface area contributed by atoms with Crippen LogP contribution < -0.4 is 10.6 Å². The van der Waals surface area contributed by atoms with E-state index in [1.165, 1.54) is 16.7 Å². The molecule has 2 nitrogen and oxygen atoms in total. The second kappa shape index (κ2) is 7.62. The molecule has 2 aromatic rings. The van der Waals surface area contributed by atoms with E-state index in [0.717, 1.165) is 0 Å². The zero-order valence-corrected chi connectivity index (χ0v) is 12.3. The lowest BCUT2D eigenvalue weighted by Gasteiger charge is -2.14. The standard InChI is InChI=1S/C17H17O2P/c1-2-19-17(18)13-14-20(15-9-5-3-6-10-15)16-11-7-4-8-12-16/h3-14H,2H2,1H3/b14-13+. The van der Waals surface area contributed by atoms with Gasteiger partial charge in [-0.3, -0.25) is 0 Å². The van der Waals surface area contributed by atoms with E-state index in [1.807, 2.05) is 49.1 Å². The predicted molar refractivity (Wildman–Crippen MR) is 84.8 cm³/mol. The summed E-state index contributed by atoms with van der Waals surface area (Å²) in [6, 6.07) is 20.4. The van der Waals surface area contributed by atoms with E-state index in [0.29, 0.717) is 6.61 Å². The quantitative estimate of drug-likeness (QED) is 0.479. The van der Waals surface area contributed by atoms with Gasteiger partial charge in [0.25, 0.3) is 0 Å². The Bertz CT molecular complexity index is 525. The molecule has 0 unspecified atom stereocenters. The van der Waals surface area contributed by atoms with Gasteiger partial charge in [-0.25, -0.2) is 4.79 Å². The minimum Gasteiger partial charge on any atom is -0.463 e. The summed E-state index contributed by atoms with van der Waals surface area (Å²) in [6.45, 7) is 2.21. The molecule has 0 aliphatic heterocycles. The normalized spacial score (nSPS) is 10.9. The van der Waals surface area contributed by atoms with E-state index in [1.54, 1.807) is 0 Å². The van der Waals surface area contributed by atoms with Crippen molar-refractivity contribution in [3.8, 4) is 0 Å². The van der Waals surface area contributed by atoms with Gasteiger partial charge in [-0.2, -0.15) is 0 Å². The first-order chi connectivity index (χ1) is 9.81. The van der Waals surface area contributed by atoms with Crippen LogP contribution >= 0.6 is 7.92 Å². The monoisotopic (exact) mass is 284 g/mol. The highest BCUT2D eigenvalue weighted by Gasteiger charge is 2.10. The Labute approximate surface area is 120 Å². The summed E-state index contributed by atoms with van der Waals surface area (Å²) in [5.41, 5.74) is 0. The molecule has 2 aromatic carbocycles. The first kappa shape index (κ1) is 14.5. The SMILES string of the molecule is CCOC(=O)/C=C/P(c1ccccc1)c1ccccc1. The molecule has 0 amide bonds. The van der Waals surface area contributed by atoms with Crippen LogP contribution in [0, 0.1) is 0 Å². The van der Waals surface area contributed by atoms with Gasteiger partial charge < -0.3 is 4.74 Å². The number of hydrogen-bond donors (Lipinski definition) is 0. The summed E-state index contributed by atoms with van der Waals surface area (Å²) < 4.78 is 4.95. The Morgan fingerprint density at radius 2 is 1.50 bits per heavy atom. The van der Waals surface area contributed by atoms with Gasteiger partial charge in [-0.1, -0.05) is 60.7 Å². The number of esters is 1. The van der Waals surface area contributed by atoms with Crippen LogP contribution in [0.25, 0.3) is 0 Å². The van der Waals surface area contributed by atoms with Crippen LogP contribution in [0.4, 0.5) is 0 Å². The Morgan fingerprint density at radius 3 is 1.95 bits per heavy atom. The topological polar surface area (TPSA) is 26.3 Å². The molecule has 102 valence electrons. The molecule has 0 heterocycles. The van der Waals surface area contributed by atoms with E-state index < -0.39 is 7.92 Å². The second-order valence-corrected chi connectivity index (χ2v) is 6.18. The zero-order chi connectivity index (χ0) is 14.2. The Kier molecular flexibility index (Phi) is 5.52. The minimum absolute atomic E-state index is 0.285. The molecule has 0 bridgehead atoms. The predicted octanol–water partition coefficient (Wildman–Crippen LogP) is 3.20. The van der Waals surface area contributed by atoms with Crippen molar-refractivity contribution in [2.24, 2.45) is 0 Å². The van der Waals surface area contributed by atoms with Gasteiger partial charge in [-0.15, -0.1) is 0 Å². The van der Waals surface area contributed by atoms with E-state index in [9.17, 15) is 4.79 Å². The largest absolute Gasteiger partial charge is 0.463 e. The molecule has 0 aromatic heterocycles. The lowest BCUT2D eigenvalue weighted by molar-refractivity contribution is -0.137. The molecule has 0 N–H and O–H groups in total. The van der Waals surface area contributed by atoms with Crippen LogP contribution in [-0.2, 0) is 9.53 Å². The summed E-state index contributed by atoms with van der Waals surface area (Å²) in [7, 11) is -0.676. The summed E-state index contributed by atoms with van der Waals surface area (Å²) in [5.74, 6) is 1.67. The average Bonchev–Trinajstić information content (AvgIpc) is 2.50. The van der Waals surface area contributed by atoms with E-state index in [4.69, 9.17) is 4.74 Å². The van der Waals surface area contributed by atoms with Crippen molar-refractivity contribution in [2.75, 3.05) is 6.61 Å². The lowest BCUT2D eigenvalue weighted by atomic mass is 10.4. The molecule has 0 radical (unpaired) electrons. The molecule has 3 heteroatoms. The van der Waals surface area contributed by atoms with E-state index in [2.05, 4.69) is 24.3 Å². The van der Waals surface area contributed by atoms with Gasteiger partial charge in [0.15, 0.2) is 0 Å². The van der Waals surface area contributed by atoms with Crippen molar-refractivity contribution in [1.29, 1.82) is 0 Å².